The molecule has 1 aromatic carbocycles. The number of para-hydroxylation sites is 1. The molecule has 112 valence electrons. The van der Waals surface area contributed by atoms with Gasteiger partial charge in [0.05, 0.1) is 4.88 Å². The second kappa shape index (κ2) is 6.03. The smallest absolute Gasteiger partial charge is 0.326 e. The highest BCUT2D eigenvalue weighted by Crippen LogP contribution is 2.19. The summed E-state index contributed by atoms with van der Waals surface area (Å²) < 4.78 is 0. The van der Waals surface area contributed by atoms with Gasteiger partial charge in [0.25, 0.3) is 5.91 Å². The predicted molar refractivity (Wildman–Crippen MR) is 85.2 cm³/mol. The topological polar surface area (TPSA) is 82.2 Å². The van der Waals surface area contributed by atoms with Gasteiger partial charge in [-0.1, -0.05) is 24.3 Å². The van der Waals surface area contributed by atoms with Crippen molar-refractivity contribution in [3.63, 3.8) is 0 Å². The molecule has 0 radical (unpaired) electrons. The van der Waals surface area contributed by atoms with Crippen LogP contribution in [-0.4, -0.2) is 28.0 Å². The van der Waals surface area contributed by atoms with E-state index in [1.807, 2.05) is 24.3 Å². The van der Waals surface area contributed by atoms with E-state index in [9.17, 15) is 14.7 Å². The van der Waals surface area contributed by atoms with Crippen LogP contribution in [0.5, 0.6) is 0 Å². The summed E-state index contributed by atoms with van der Waals surface area (Å²) in [4.78, 5) is 27.1. The van der Waals surface area contributed by atoms with Crippen LogP contribution in [0.25, 0.3) is 10.9 Å². The predicted octanol–water partition coefficient (Wildman–Crippen LogP) is 2.66. The molecule has 5 nitrogen and oxygen atoms in total. The number of rotatable bonds is 5. The van der Waals surface area contributed by atoms with Gasteiger partial charge in [-0.2, -0.15) is 0 Å². The Balaban J connectivity index is 1.80. The molecule has 6 heteroatoms. The van der Waals surface area contributed by atoms with E-state index in [-0.39, 0.29) is 12.3 Å². The molecule has 0 unspecified atom stereocenters. The van der Waals surface area contributed by atoms with Crippen LogP contribution in [0.4, 0.5) is 0 Å². The van der Waals surface area contributed by atoms with E-state index in [2.05, 4.69) is 10.3 Å². The molecular weight excluding hydrogens is 300 g/mol. The molecule has 22 heavy (non-hydrogen) atoms. The number of aromatic nitrogens is 1. The molecule has 0 aliphatic carbocycles. The Morgan fingerprint density at radius 3 is 2.77 bits per heavy atom. The maximum Gasteiger partial charge on any atom is 0.326 e. The first-order valence-electron chi connectivity index (χ1n) is 6.77. The van der Waals surface area contributed by atoms with E-state index in [1.165, 1.54) is 11.3 Å². The molecule has 1 atom stereocenters. The molecule has 3 N–H and O–H groups in total. The lowest BCUT2D eigenvalue weighted by atomic mass is 10.0. The Kier molecular flexibility index (Phi) is 3.93. The first-order valence-corrected chi connectivity index (χ1v) is 7.65. The normalized spacial score (nSPS) is 12.2. The maximum absolute atomic E-state index is 12.0. The molecule has 0 aliphatic heterocycles. The summed E-state index contributed by atoms with van der Waals surface area (Å²) in [7, 11) is 0. The van der Waals surface area contributed by atoms with Crippen LogP contribution in [-0.2, 0) is 11.2 Å². The summed E-state index contributed by atoms with van der Waals surface area (Å²) in [6, 6.07) is 10.1. The number of carbonyl (C=O) groups excluding carboxylic acids is 1. The average molecular weight is 314 g/mol. The van der Waals surface area contributed by atoms with E-state index in [0.717, 1.165) is 16.5 Å². The highest BCUT2D eigenvalue weighted by molar-refractivity contribution is 7.12. The zero-order valence-corrected chi connectivity index (χ0v) is 12.4. The van der Waals surface area contributed by atoms with Gasteiger partial charge >= 0.3 is 5.97 Å². The number of aromatic amines is 1. The summed E-state index contributed by atoms with van der Waals surface area (Å²) >= 11 is 1.28. The van der Waals surface area contributed by atoms with Crippen molar-refractivity contribution in [2.75, 3.05) is 0 Å². The highest BCUT2D eigenvalue weighted by atomic mass is 32.1. The lowest BCUT2D eigenvalue weighted by Gasteiger charge is -2.13. The van der Waals surface area contributed by atoms with Gasteiger partial charge in [0.2, 0.25) is 0 Å². The molecule has 1 amide bonds. The fourth-order valence-corrected chi connectivity index (χ4v) is 2.98. The Morgan fingerprint density at radius 2 is 2.05 bits per heavy atom. The third-order valence-corrected chi connectivity index (χ3v) is 4.32. The lowest BCUT2D eigenvalue weighted by molar-refractivity contribution is -0.139. The Bertz CT molecular complexity index is 808. The standard InChI is InChI=1S/C16H14N2O3S/c19-15(14-6-3-7-22-14)18-13(16(20)21)8-10-9-17-12-5-2-1-4-11(10)12/h1-7,9,13,17H,8H2,(H,18,19)(H,20,21)/t13-/m1/s1. The molecule has 0 fully saturated rings. The number of carboxylic acids is 1. The third-order valence-electron chi connectivity index (χ3n) is 3.45. The number of hydrogen-bond donors (Lipinski definition) is 3. The number of hydrogen-bond acceptors (Lipinski definition) is 3. The molecule has 0 spiro atoms. The van der Waals surface area contributed by atoms with Crippen molar-refractivity contribution in [3.05, 3.63) is 58.4 Å². The average Bonchev–Trinajstić information content (AvgIpc) is 3.16. The molecule has 2 heterocycles. The Morgan fingerprint density at radius 1 is 1.23 bits per heavy atom. The van der Waals surface area contributed by atoms with Crippen LogP contribution >= 0.6 is 11.3 Å². The van der Waals surface area contributed by atoms with Crippen molar-refractivity contribution in [2.24, 2.45) is 0 Å². The monoisotopic (exact) mass is 314 g/mol. The number of fused-ring (bicyclic) bond motifs is 1. The molecule has 2 aromatic heterocycles. The van der Waals surface area contributed by atoms with Crippen LogP contribution in [0.15, 0.2) is 48.0 Å². The number of aliphatic carboxylic acids is 1. The van der Waals surface area contributed by atoms with Crippen molar-refractivity contribution in [1.82, 2.24) is 10.3 Å². The number of carbonyl (C=O) groups is 2. The number of H-pyrrole nitrogens is 1. The van der Waals surface area contributed by atoms with Crippen LogP contribution in [0.1, 0.15) is 15.2 Å². The number of benzene rings is 1. The van der Waals surface area contributed by atoms with E-state index in [0.29, 0.717) is 4.88 Å². The van der Waals surface area contributed by atoms with Gasteiger partial charge in [-0.25, -0.2) is 4.79 Å². The molecule has 0 bridgehead atoms. The fourth-order valence-electron chi connectivity index (χ4n) is 2.36. The molecule has 0 saturated carbocycles. The quantitative estimate of drug-likeness (QED) is 0.677. The summed E-state index contributed by atoms with van der Waals surface area (Å²) in [5.41, 5.74) is 1.82. The minimum Gasteiger partial charge on any atom is -0.480 e. The van der Waals surface area contributed by atoms with Crippen molar-refractivity contribution in [1.29, 1.82) is 0 Å². The van der Waals surface area contributed by atoms with E-state index in [4.69, 9.17) is 0 Å². The molecule has 3 rings (SSSR count). The van der Waals surface area contributed by atoms with E-state index >= 15 is 0 Å². The van der Waals surface area contributed by atoms with Gasteiger partial charge in [0.15, 0.2) is 0 Å². The number of carboxylic acid groups (broad SMARTS) is 1. The maximum atomic E-state index is 12.0. The fraction of sp³-hybridized carbons (Fsp3) is 0.125. The van der Waals surface area contributed by atoms with Gasteiger partial charge < -0.3 is 15.4 Å². The number of nitrogens with one attached hydrogen (secondary N) is 2. The van der Waals surface area contributed by atoms with Crippen molar-refractivity contribution >= 4 is 34.1 Å². The van der Waals surface area contributed by atoms with Gasteiger partial charge in [0.1, 0.15) is 6.04 Å². The van der Waals surface area contributed by atoms with Crippen molar-refractivity contribution < 1.29 is 14.7 Å². The molecule has 0 aliphatic rings. The van der Waals surface area contributed by atoms with Gasteiger partial charge in [0, 0.05) is 23.5 Å². The van der Waals surface area contributed by atoms with Gasteiger partial charge in [-0.05, 0) is 23.1 Å². The lowest BCUT2D eigenvalue weighted by Crippen LogP contribution is -2.42. The molecular formula is C16H14N2O3S. The summed E-state index contributed by atoms with van der Waals surface area (Å²) in [5, 5.41) is 14.7. The first kappa shape index (κ1) is 14.3. The summed E-state index contributed by atoms with van der Waals surface area (Å²) in [6.07, 6.45) is 2.02. The minimum atomic E-state index is -1.05. The van der Waals surface area contributed by atoms with Gasteiger partial charge in [-0.3, -0.25) is 4.79 Å². The largest absolute Gasteiger partial charge is 0.480 e. The second-order valence-electron chi connectivity index (χ2n) is 4.91. The van der Waals surface area contributed by atoms with Crippen LogP contribution in [0.3, 0.4) is 0 Å². The first-order chi connectivity index (χ1) is 10.6. The third kappa shape index (κ3) is 2.87. The number of thiophene rings is 1. The van der Waals surface area contributed by atoms with Crippen molar-refractivity contribution in [3.8, 4) is 0 Å². The Hall–Kier alpha value is -2.60. The van der Waals surface area contributed by atoms with Crippen LogP contribution in [0.2, 0.25) is 0 Å². The summed E-state index contributed by atoms with van der Waals surface area (Å²) in [5.74, 6) is -1.41. The molecule has 0 saturated heterocycles. The Labute approximate surface area is 130 Å². The SMILES string of the molecule is O=C(N[C@H](Cc1c[nH]c2ccccc12)C(=O)O)c1cccs1. The number of amides is 1. The second-order valence-corrected chi connectivity index (χ2v) is 5.85. The van der Waals surface area contributed by atoms with Crippen molar-refractivity contribution in [2.45, 2.75) is 12.5 Å². The van der Waals surface area contributed by atoms with Crippen LogP contribution < -0.4 is 5.32 Å². The van der Waals surface area contributed by atoms with E-state index in [1.54, 1.807) is 23.7 Å². The van der Waals surface area contributed by atoms with Crippen LogP contribution in [0, 0.1) is 0 Å². The zero-order chi connectivity index (χ0) is 15.5. The molecule has 3 aromatic rings. The minimum absolute atomic E-state index is 0.233. The summed E-state index contributed by atoms with van der Waals surface area (Å²) in [6.45, 7) is 0. The van der Waals surface area contributed by atoms with Gasteiger partial charge in [-0.15, -0.1) is 11.3 Å². The zero-order valence-electron chi connectivity index (χ0n) is 11.6. The van der Waals surface area contributed by atoms with E-state index < -0.39 is 12.0 Å². The highest BCUT2D eigenvalue weighted by Gasteiger charge is 2.22.